The number of hydrogen-bond acceptors (Lipinski definition) is 1. The van der Waals surface area contributed by atoms with E-state index in [9.17, 15) is 0 Å². The molecule has 1 N–H and O–H groups in total. The van der Waals surface area contributed by atoms with Crippen LogP contribution in [0.15, 0.2) is 0 Å². The Morgan fingerprint density at radius 3 is 2.50 bits per heavy atom. The van der Waals surface area contributed by atoms with Crippen LogP contribution in [0.5, 0.6) is 0 Å². The van der Waals surface area contributed by atoms with Gasteiger partial charge in [-0.15, -0.1) is 0 Å². The van der Waals surface area contributed by atoms with Gasteiger partial charge in [-0.3, -0.25) is 0 Å². The highest BCUT2D eigenvalue weighted by Gasteiger charge is 1.76. The molecule has 0 atom stereocenters. The fraction of sp³-hybridized carbons (Fsp3) is 1.00. The molecule has 0 saturated heterocycles. The Bertz CT molecular complexity index is 15.9. The normalized spacial score (nSPS) is 9.00. The van der Waals surface area contributed by atoms with Crippen molar-refractivity contribution in [3.05, 3.63) is 0 Å². The summed E-state index contributed by atoms with van der Waals surface area (Å²) >= 11 is 0. The van der Waals surface area contributed by atoms with Gasteiger partial charge in [-0.1, -0.05) is 19.8 Å². The zero-order chi connectivity index (χ0) is 4.83. The van der Waals surface area contributed by atoms with Gasteiger partial charge in [-0.05, 0) is 6.42 Å². The molecule has 0 aromatic heterocycles. The van der Waals surface area contributed by atoms with Gasteiger partial charge in [0.05, 0.1) is 0 Å². The molecular formula is C5H12O. The largest absolute Gasteiger partial charge is 0.396 e. The van der Waals surface area contributed by atoms with E-state index < -0.39 is 0 Å². The second kappa shape index (κ2) is 4.96. The topological polar surface area (TPSA) is 20.2 Å². The fourth-order valence-electron chi connectivity index (χ4n) is 0.362. The number of unbranched alkanes of at least 4 members (excludes halogenated alkanes) is 2. The number of aliphatic hydroxyl groups is 1. The van der Waals surface area contributed by atoms with Crippen LogP contribution in [-0.2, 0) is 0 Å². The van der Waals surface area contributed by atoms with Gasteiger partial charge in [0.25, 0.3) is 0 Å². The Labute approximate surface area is 39.0 Å². The van der Waals surface area contributed by atoms with Crippen LogP contribution in [0.3, 0.4) is 0 Å². The summed E-state index contributed by atoms with van der Waals surface area (Å²) in [6, 6.07) is 0. The van der Waals surface area contributed by atoms with Gasteiger partial charge in [-0.2, -0.15) is 0 Å². The van der Waals surface area contributed by atoms with Crippen LogP contribution in [0, 0.1) is 0 Å². The number of aliphatic hydroxyl groups excluding tert-OH is 1. The highest BCUT2D eigenvalue weighted by atomic mass is 16.5. The lowest BCUT2D eigenvalue weighted by molar-refractivity contribution is 0.284. The highest BCUT2D eigenvalue weighted by Crippen LogP contribution is 1.89. The van der Waals surface area contributed by atoms with Crippen molar-refractivity contribution in [2.24, 2.45) is 0 Å². The van der Waals surface area contributed by atoms with Crippen LogP contribution in [0.1, 0.15) is 26.2 Å². The van der Waals surface area contributed by atoms with Crippen molar-refractivity contribution in [3.8, 4) is 0 Å². The molecule has 0 aliphatic carbocycles. The maximum atomic E-state index is 8.20. The summed E-state index contributed by atoms with van der Waals surface area (Å²) in [5, 5.41) is 8.20. The first-order chi connectivity index (χ1) is 2.91. The zero-order valence-electron chi connectivity index (χ0n) is 4.28. The SMILES string of the molecule is CCCC[14CH2]O. The molecule has 1 heteroatoms. The van der Waals surface area contributed by atoms with Crippen molar-refractivity contribution in [1.29, 1.82) is 0 Å². The average Bonchev–Trinajstić information content (AvgIpc) is 1.61. The average molecular weight is 90.1 g/mol. The Balaban J connectivity index is 2.34. The lowest BCUT2D eigenvalue weighted by atomic mass is 10.3. The predicted molar refractivity (Wildman–Crippen MR) is 26.6 cm³/mol. The Morgan fingerprint density at radius 2 is 2.33 bits per heavy atom. The third-order valence-corrected chi connectivity index (χ3v) is 0.762. The van der Waals surface area contributed by atoms with Gasteiger partial charge in [0.2, 0.25) is 0 Å². The van der Waals surface area contributed by atoms with Crippen LogP contribution < -0.4 is 0 Å². The molecular weight excluding hydrogens is 78.0 g/mol. The first kappa shape index (κ1) is 5.96. The van der Waals surface area contributed by atoms with Crippen LogP contribution in [0.2, 0.25) is 0 Å². The van der Waals surface area contributed by atoms with E-state index in [4.69, 9.17) is 5.11 Å². The second-order valence-corrected chi connectivity index (χ2v) is 1.43. The van der Waals surface area contributed by atoms with Gasteiger partial charge in [0, 0.05) is 6.61 Å². The lowest BCUT2D eigenvalue weighted by Crippen LogP contribution is -1.78. The minimum atomic E-state index is 0.355. The fourth-order valence-corrected chi connectivity index (χ4v) is 0.362. The molecule has 0 fully saturated rings. The van der Waals surface area contributed by atoms with Crippen molar-refractivity contribution >= 4 is 0 Å². The van der Waals surface area contributed by atoms with Gasteiger partial charge in [0.1, 0.15) is 0 Å². The zero-order valence-corrected chi connectivity index (χ0v) is 4.28. The van der Waals surface area contributed by atoms with Gasteiger partial charge in [0.15, 0.2) is 0 Å². The molecule has 0 aromatic rings. The van der Waals surface area contributed by atoms with E-state index in [1.54, 1.807) is 0 Å². The minimum Gasteiger partial charge on any atom is -0.396 e. The predicted octanol–water partition coefficient (Wildman–Crippen LogP) is 1.17. The summed E-state index contributed by atoms with van der Waals surface area (Å²) in [4.78, 5) is 0. The Morgan fingerprint density at radius 1 is 1.67 bits per heavy atom. The van der Waals surface area contributed by atoms with Gasteiger partial charge < -0.3 is 5.11 Å². The van der Waals surface area contributed by atoms with Crippen LogP contribution in [-0.4, -0.2) is 11.7 Å². The molecule has 0 amide bonds. The van der Waals surface area contributed by atoms with Crippen LogP contribution >= 0.6 is 0 Å². The standard InChI is InChI=1S/C5H12O/c1-2-3-4-5-6/h6H,2-5H2,1H3/i5+2. The maximum Gasteiger partial charge on any atom is 0.0431 e. The monoisotopic (exact) mass is 90.1 g/mol. The molecule has 0 heterocycles. The molecule has 0 aliphatic rings. The minimum absolute atomic E-state index is 0.355. The smallest absolute Gasteiger partial charge is 0.0431 e. The molecule has 6 heavy (non-hydrogen) atoms. The summed E-state index contributed by atoms with van der Waals surface area (Å²) in [6.45, 7) is 2.48. The molecule has 0 unspecified atom stereocenters. The van der Waals surface area contributed by atoms with Crippen LogP contribution in [0.25, 0.3) is 0 Å². The van der Waals surface area contributed by atoms with E-state index >= 15 is 0 Å². The summed E-state index contributed by atoms with van der Waals surface area (Å²) in [5.74, 6) is 0. The quantitative estimate of drug-likeness (QED) is 0.516. The van der Waals surface area contributed by atoms with Crippen molar-refractivity contribution in [3.63, 3.8) is 0 Å². The van der Waals surface area contributed by atoms with Crippen molar-refractivity contribution < 1.29 is 5.11 Å². The third-order valence-electron chi connectivity index (χ3n) is 0.762. The molecule has 0 rings (SSSR count). The Kier molecular flexibility index (Phi) is 4.93. The lowest BCUT2D eigenvalue weighted by Gasteiger charge is -1.85. The highest BCUT2D eigenvalue weighted by molar-refractivity contribution is 4.30. The summed E-state index contributed by atoms with van der Waals surface area (Å²) in [7, 11) is 0. The van der Waals surface area contributed by atoms with E-state index in [2.05, 4.69) is 6.92 Å². The van der Waals surface area contributed by atoms with E-state index in [-0.39, 0.29) is 0 Å². The summed E-state index contributed by atoms with van der Waals surface area (Å²) in [6.07, 6.45) is 3.33. The molecule has 0 radical (unpaired) electrons. The van der Waals surface area contributed by atoms with E-state index in [0.29, 0.717) is 6.61 Å². The molecule has 0 bridgehead atoms. The van der Waals surface area contributed by atoms with E-state index in [1.165, 1.54) is 6.42 Å². The number of rotatable bonds is 3. The molecule has 0 spiro atoms. The molecule has 0 aromatic carbocycles. The third kappa shape index (κ3) is 3.96. The van der Waals surface area contributed by atoms with Crippen molar-refractivity contribution in [2.45, 2.75) is 26.2 Å². The van der Waals surface area contributed by atoms with Gasteiger partial charge in [-0.25, -0.2) is 0 Å². The summed E-state index contributed by atoms with van der Waals surface area (Å²) in [5.41, 5.74) is 0. The second-order valence-electron chi connectivity index (χ2n) is 1.43. The van der Waals surface area contributed by atoms with E-state index in [1.807, 2.05) is 0 Å². The van der Waals surface area contributed by atoms with Crippen molar-refractivity contribution in [1.82, 2.24) is 0 Å². The first-order valence-corrected chi connectivity index (χ1v) is 2.52. The van der Waals surface area contributed by atoms with E-state index in [0.717, 1.165) is 12.8 Å². The van der Waals surface area contributed by atoms with Gasteiger partial charge >= 0.3 is 0 Å². The van der Waals surface area contributed by atoms with Crippen LogP contribution in [0.4, 0.5) is 0 Å². The Hall–Kier alpha value is -0.0400. The summed E-state index contributed by atoms with van der Waals surface area (Å²) < 4.78 is 0. The van der Waals surface area contributed by atoms with Crippen molar-refractivity contribution in [2.75, 3.05) is 6.61 Å². The molecule has 0 aliphatic heterocycles. The molecule has 38 valence electrons. The molecule has 1 nitrogen and oxygen atoms in total. The maximum absolute atomic E-state index is 8.20. The number of hydrogen-bond donors (Lipinski definition) is 1. The first-order valence-electron chi connectivity index (χ1n) is 2.52. The molecule has 0 saturated carbocycles.